The zero-order valence-corrected chi connectivity index (χ0v) is 13.5. The molecule has 0 bridgehead atoms. The number of nitrogens with one attached hydrogen (secondary N) is 1. The van der Waals surface area contributed by atoms with E-state index in [-0.39, 0.29) is 5.76 Å². The zero-order valence-electron chi connectivity index (χ0n) is 12.7. The van der Waals surface area contributed by atoms with Gasteiger partial charge >= 0.3 is 5.97 Å². The zero-order chi connectivity index (χ0) is 19.0. The van der Waals surface area contributed by atoms with Gasteiger partial charge in [-0.05, 0) is 12.1 Å². The number of benzene rings is 1. The van der Waals surface area contributed by atoms with Gasteiger partial charge in [0, 0.05) is 5.75 Å². The summed E-state index contributed by atoms with van der Waals surface area (Å²) in [5.74, 6) is -12.3. The fourth-order valence-corrected chi connectivity index (χ4v) is 3.42. The van der Waals surface area contributed by atoms with Crippen LogP contribution in [0.1, 0.15) is 16.9 Å². The molecule has 0 aliphatic carbocycles. The molecule has 0 amide bonds. The van der Waals surface area contributed by atoms with Crippen LogP contribution in [0.25, 0.3) is 0 Å². The number of carboxylic acids is 1. The van der Waals surface area contributed by atoms with Gasteiger partial charge in [-0.15, -0.1) is 11.8 Å². The summed E-state index contributed by atoms with van der Waals surface area (Å²) in [4.78, 5) is 10.9. The van der Waals surface area contributed by atoms with Crippen LogP contribution in [0.5, 0.6) is 5.75 Å². The molecule has 2 aromatic rings. The van der Waals surface area contributed by atoms with E-state index in [9.17, 15) is 26.7 Å². The number of halogens is 5. The molecule has 1 aromatic heterocycles. The summed E-state index contributed by atoms with van der Waals surface area (Å²) >= 11 is 1.28. The highest BCUT2D eigenvalue weighted by atomic mass is 32.2. The average molecular weight is 395 g/mol. The molecular formula is C15H10F5NO4S. The smallest absolute Gasteiger partial charge is 0.321 e. The molecule has 0 radical (unpaired) electrons. The Morgan fingerprint density at radius 2 is 1.77 bits per heavy atom. The highest BCUT2D eigenvalue weighted by Gasteiger charge is 2.32. The quantitative estimate of drug-likeness (QED) is 0.460. The van der Waals surface area contributed by atoms with Crippen LogP contribution in [0.15, 0.2) is 16.5 Å². The van der Waals surface area contributed by atoms with Crippen molar-refractivity contribution in [2.45, 2.75) is 18.0 Å². The lowest BCUT2D eigenvalue weighted by atomic mass is 10.2. The first kappa shape index (κ1) is 18.5. The molecule has 0 spiro atoms. The van der Waals surface area contributed by atoms with E-state index in [0.717, 1.165) is 0 Å². The standard InChI is InChI=1S/C15H10F5NO4S/c16-8-9(17)11(19)13(12(20)10(8)18)24-3-5-1-2-7(25-5)14-21-6(4-26-14)15(22)23/h1-2,6,14,21H,3-4H2,(H,22,23)/t6-,14-/m1/s1. The molecule has 2 N–H and O–H groups in total. The Kier molecular flexibility index (Phi) is 5.10. The number of hydrogen-bond donors (Lipinski definition) is 2. The monoisotopic (exact) mass is 395 g/mol. The molecule has 1 fully saturated rings. The van der Waals surface area contributed by atoms with Gasteiger partial charge < -0.3 is 14.3 Å². The Labute approximate surface area is 147 Å². The minimum Gasteiger partial charge on any atom is -0.480 e. The summed E-state index contributed by atoms with van der Waals surface area (Å²) in [5, 5.41) is 11.3. The summed E-state index contributed by atoms with van der Waals surface area (Å²) in [5.41, 5.74) is 0. The van der Waals surface area contributed by atoms with Crippen LogP contribution in [0.3, 0.4) is 0 Å². The molecule has 1 aromatic carbocycles. The molecule has 2 atom stereocenters. The summed E-state index contributed by atoms with van der Waals surface area (Å²) in [6, 6.07) is 2.13. The van der Waals surface area contributed by atoms with Crippen LogP contribution in [0.2, 0.25) is 0 Å². The van der Waals surface area contributed by atoms with Crippen molar-refractivity contribution in [3.63, 3.8) is 0 Å². The van der Waals surface area contributed by atoms with Gasteiger partial charge in [-0.1, -0.05) is 0 Å². The van der Waals surface area contributed by atoms with Gasteiger partial charge in [-0.3, -0.25) is 10.1 Å². The van der Waals surface area contributed by atoms with Crippen molar-refractivity contribution in [1.29, 1.82) is 0 Å². The number of carboxylic acid groups (broad SMARTS) is 1. The summed E-state index contributed by atoms with van der Waals surface area (Å²) in [6.45, 7) is -0.585. The number of hydrogen-bond acceptors (Lipinski definition) is 5. The minimum absolute atomic E-state index is 0.0603. The molecule has 1 saturated heterocycles. The van der Waals surface area contributed by atoms with Gasteiger partial charge in [0.25, 0.3) is 0 Å². The normalized spacial score (nSPS) is 19.7. The van der Waals surface area contributed by atoms with Gasteiger partial charge in [0.05, 0.1) is 0 Å². The van der Waals surface area contributed by atoms with Crippen LogP contribution in [-0.2, 0) is 11.4 Å². The Hall–Kier alpha value is -2.27. The first-order chi connectivity index (χ1) is 12.3. The molecule has 26 heavy (non-hydrogen) atoms. The van der Waals surface area contributed by atoms with Gasteiger partial charge in [0.15, 0.2) is 5.75 Å². The molecular weight excluding hydrogens is 385 g/mol. The van der Waals surface area contributed by atoms with Gasteiger partial charge in [-0.25, -0.2) is 13.2 Å². The second-order valence-electron chi connectivity index (χ2n) is 5.26. The Balaban J connectivity index is 1.71. The van der Waals surface area contributed by atoms with E-state index in [2.05, 4.69) is 5.32 Å². The molecule has 2 heterocycles. The molecule has 1 aliphatic rings. The lowest BCUT2D eigenvalue weighted by Crippen LogP contribution is -2.33. The Morgan fingerprint density at radius 3 is 2.35 bits per heavy atom. The molecule has 140 valence electrons. The van der Waals surface area contributed by atoms with E-state index >= 15 is 0 Å². The van der Waals surface area contributed by atoms with Crippen molar-refractivity contribution in [3.05, 3.63) is 52.7 Å². The maximum Gasteiger partial charge on any atom is 0.321 e. The van der Waals surface area contributed by atoms with Crippen LogP contribution in [0, 0.1) is 29.1 Å². The van der Waals surface area contributed by atoms with Crippen molar-refractivity contribution in [3.8, 4) is 5.75 Å². The highest BCUT2D eigenvalue weighted by molar-refractivity contribution is 7.99. The number of furan rings is 1. The van der Waals surface area contributed by atoms with E-state index in [1.54, 1.807) is 0 Å². The maximum atomic E-state index is 13.5. The van der Waals surface area contributed by atoms with E-state index in [4.69, 9.17) is 14.3 Å². The van der Waals surface area contributed by atoms with Crippen LogP contribution in [-0.4, -0.2) is 22.9 Å². The lowest BCUT2D eigenvalue weighted by Gasteiger charge is -2.10. The lowest BCUT2D eigenvalue weighted by molar-refractivity contribution is -0.138. The molecule has 3 rings (SSSR count). The van der Waals surface area contributed by atoms with Crippen molar-refractivity contribution >= 4 is 17.7 Å². The topological polar surface area (TPSA) is 71.7 Å². The van der Waals surface area contributed by atoms with Gasteiger partial charge in [-0.2, -0.15) is 8.78 Å². The van der Waals surface area contributed by atoms with E-state index in [1.807, 2.05) is 0 Å². The largest absolute Gasteiger partial charge is 0.480 e. The predicted molar refractivity (Wildman–Crippen MR) is 79.0 cm³/mol. The molecule has 5 nitrogen and oxygen atoms in total. The maximum absolute atomic E-state index is 13.5. The summed E-state index contributed by atoms with van der Waals surface area (Å²) in [7, 11) is 0. The van der Waals surface area contributed by atoms with Crippen LogP contribution in [0.4, 0.5) is 22.0 Å². The van der Waals surface area contributed by atoms with Crippen LogP contribution >= 0.6 is 11.8 Å². The molecule has 0 saturated carbocycles. The third kappa shape index (κ3) is 3.36. The van der Waals surface area contributed by atoms with Gasteiger partial charge in [0.2, 0.25) is 29.1 Å². The number of rotatable bonds is 5. The molecule has 0 unspecified atom stereocenters. The third-order valence-electron chi connectivity index (χ3n) is 3.55. The third-order valence-corrected chi connectivity index (χ3v) is 4.78. The summed E-state index contributed by atoms with van der Waals surface area (Å²) in [6.07, 6.45) is 0. The number of thioether (sulfide) groups is 1. The molecule has 11 heteroatoms. The second-order valence-corrected chi connectivity index (χ2v) is 6.40. The van der Waals surface area contributed by atoms with Gasteiger partial charge in [0.1, 0.15) is 29.5 Å². The first-order valence-corrected chi connectivity index (χ1v) is 8.17. The number of ether oxygens (including phenoxy) is 1. The minimum atomic E-state index is -2.27. The Morgan fingerprint density at radius 1 is 1.15 bits per heavy atom. The number of carbonyl (C=O) groups is 1. The fraction of sp³-hybridized carbons (Fsp3) is 0.267. The second kappa shape index (κ2) is 7.16. The van der Waals surface area contributed by atoms with Crippen molar-refractivity contribution in [1.82, 2.24) is 5.32 Å². The van der Waals surface area contributed by atoms with Crippen molar-refractivity contribution in [2.24, 2.45) is 0 Å². The summed E-state index contributed by atoms with van der Waals surface area (Å²) < 4.78 is 76.3. The van der Waals surface area contributed by atoms with Crippen LogP contribution < -0.4 is 10.1 Å². The van der Waals surface area contributed by atoms with Crippen molar-refractivity contribution < 1.29 is 41.0 Å². The van der Waals surface area contributed by atoms with E-state index in [1.165, 1.54) is 23.9 Å². The van der Waals surface area contributed by atoms with Crippen molar-refractivity contribution in [2.75, 3.05) is 5.75 Å². The number of aliphatic carboxylic acids is 1. The SMILES string of the molecule is O=C(O)[C@H]1CS[C@H](c2ccc(COc3c(F)c(F)c(F)c(F)c3F)o2)N1. The molecule has 1 aliphatic heterocycles. The predicted octanol–water partition coefficient (Wildman–Crippen LogP) is 3.34. The average Bonchev–Trinajstić information content (AvgIpc) is 3.27. The fourth-order valence-electron chi connectivity index (χ4n) is 2.25. The highest BCUT2D eigenvalue weighted by Crippen LogP contribution is 2.34. The van der Waals surface area contributed by atoms with E-state index < -0.39 is 58.8 Å². The first-order valence-electron chi connectivity index (χ1n) is 7.13. The van der Waals surface area contributed by atoms with E-state index in [0.29, 0.717) is 11.5 Å². The Bertz CT molecular complexity index is 830.